The Morgan fingerprint density at radius 3 is 2.07 bits per heavy atom. The van der Waals surface area contributed by atoms with Crippen LogP contribution < -0.4 is 5.73 Å². The Morgan fingerprint density at radius 1 is 1.29 bits per heavy atom. The highest BCUT2D eigenvalue weighted by atomic mass is 16.2. The number of carbonyl (C=O) groups excluding carboxylic acids is 2. The molecule has 0 bridgehead atoms. The molecule has 0 aliphatic rings. The lowest BCUT2D eigenvalue weighted by Crippen LogP contribution is -2.33. The van der Waals surface area contributed by atoms with Crippen LogP contribution in [0.15, 0.2) is 0 Å². The molecule has 82 valence electrons. The van der Waals surface area contributed by atoms with Crippen molar-refractivity contribution in [3.05, 3.63) is 0 Å². The molecule has 2 N–H and O–H groups in total. The van der Waals surface area contributed by atoms with Gasteiger partial charge in [0.15, 0.2) is 0 Å². The lowest BCUT2D eigenvalue weighted by molar-refractivity contribution is -0.133. The molecule has 3 heteroatoms. The minimum Gasteiger partial charge on any atom is -0.369 e. The van der Waals surface area contributed by atoms with Gasteiger partial charge in [-0.1, -0.05) is 27.7 Å². The van der Waals surface area contributed by atoms with Crippen molar-refractivity contribution in [1.29, 1.82) is 0 Å². The smallest absolute Gasteiger partial charge is 0.228 e. The SMILES string of the molecule is CCCC(=O)C(CC(C)(C)C)C(N)=O. The molecule has 0 aliphatic heterocycles. The molecule has 0 heterocycles. The summed E-state index contributed by atoms with van der Waals surface area (Å²) in [5, 5.41) is 0. The van der Waals surface area contributed by atoms with E-state index in [1.54, 1.807) is 0 Å². The molecule has 1 atom stereocenters. The third kappa shape index (κ3) is 5.00. The van der Waals surface area contributed by atoms with Crippen molar-refractivity contribution in [3.8, 4) is 0 Å². The summed E-state index contributed by atoms with van der Waals surface area (Å²) < 4.78 is 0. The monoisotopic (exact) mass is 199 g/mol. The normalized spacial score (nSPS) is 13.7. The average Bonchev–Trinajstić information content (AvgIpc) is 1.98. The molecular weight excluding hydrogens is 178 g/mol. The molecule has 0 aromatic rings. The molecule has 0 radical (unpaired) electrons. The summed E-state index contributed by atoms with van der Waals surface area (Å²) in [5.74, 6) is -1.11. The van der Waals surface area contributed by atoms with E-state index in [4.69, 9.17) is 5.73 Å². The molecular formula is C11H21NO2. The maximum atomic E-state index is 11.6. The van der Waals surface area contributed by atoms with Crippen LogP contribution in [-0.4, -0.2) is 11.7 Å². The van der Waals surface area contributed by atoms with Crippen LogP contribution in [0.1, 0.15) is 47.0 Å². The third-order valence-electron chi connectivity index (χ3n) is 2.04. The maximum Gasteiger partial charge on any atom is 0.228 e. The Hall–Kier alpha value is -0.860. The van der Waals surface area contributed by atoms with E-state index in [0.717, 1.165) is 6.42 Å². The van der Waals surface area contributed by atoms with E-state index < -0.39 is 11.8 Å². The third-order valence-corrected chi connectivity index (χ3v) is 2.04. The van der Waals surface area contributed by atoms with E-state index in [9.17, 15) is 9.59 Å². The van der Waals surface area contributed by atoms with Crippen LogP contribution >= 0.6 is 0 Å². The highest BCUT2D eigenvalue weighted by molar-refractivity contribution is 6.00. The lowest BCUT2D eigenvalue weighted by Gasteiger charge is -2.22. The van der Waals surface area contributed by atoms with E-state index in [1.165, 1.54) is 0 Å². The first-order valence-corrected chi connectivity index (χ1v) is 5.10. The number of carbonyl (C=O) groups is 2. The molecule has 0 aromatic heterocycles. The van der Waals surface area contributed by atoms with Crippen molar-refractivity contribution in [3.63, 3.8) is 0 Å². The Bertz CT molecular complexity index is 216. The van der Waals surface area contributed by atoms with Crippen LogP contribution in [-0.2, 0) is 9.59 Å². The largest absolute Gasteiger partial charge is 0.369 e. The van der Waals surface area contributed by atoms with Gasteiger partial charge in [-0.3, -0.25) is 9.59 Å². The summed E-state index contributed by atoms with van der Waals surface area (Å²) in [4.78, 5) is 22.7. The summed E-state index contributed by atoms with van der Waals surface area (Å²) in [5.41, 5.74) is 5.18. The molecule has 3 nitrogen and oxygen atoms in total. The van der Waals surface area contributed by atoms with Crippen LogP contribution in [0, 0.1) is 11.3 Å². The van der Waals surface area contributed by atoms with Gasteiger partial charge < -0.3 is 5.73 Å². The zero-order valence-electron chi connectivity index (χ0n) is 9.59. The highest BCUT2D eigenvalue weighted by Gasteiger charge is 2.28. The Labute approximate surface area is 86.1 Å². The molecule has 0 saturated heterocycles. The molecule has 0 rings (SSSR count). The van der Waals surface area contributed by atoms with Gasteiger partial charge in [0, 0.05) is 6.42 Å². The fraction of sp³-hybridized carbons (Fsp3) is 0.818. The number of amides is 1. The van der Waals surface area contributed by atoms with Crippen molar-refractivity contribution in [2.75, 3.05) is 0 Å². The van der Waals surface area contributed by atoms with Gasteiger partial charge in [-0.15, -0.1) is 0 Å². The van der Waals surface area contributed by atoms with Crippen LogP contribution in [0.25, 0.3) is 0 Å². The minimum absolute atomic E-state index is 0.0186. The minimum atomic E-state index is -0.602. The number of hydrogen-bond acceptors (Lipinski definition) is 2. The fourth-order valence-corrected chi connectivity index (χ4v) is 1.41. The number of primary amides is 1. The Morgan fingerprint density at radius 2 is 1.79 bits per heavy atom. The first-order valence-electron chi connectivity index (χ1n) is 5.10. The van der Waals surface area contributed by atoms with Gasteiger partial charge in [0.1, 0.15) is 5.78 Å². The van der Waals surface area contributed by atoms with Crippen molar-refractivity contribution in [2.24, 2.45) is 17.1 Å². The fourth-order valence-electron chi connectivity index (χ4n) is 1.41. The number of rotatable bonds is 5. The molecule has 0 spiro atoms. The standard InChI is InChI=1S/C11H21NO2/c1-5-6-9(13)8(10(12)14)7-11(2,3)4/h8H,5-7H2,1-4H3,(H2,12,14). The predicted molar refractivity (Wildman–Crippen MR) is 56.7 cm³/mol. The van der Waals surface area contributed by atoms with E-state index in [2.05, 4.69) is 0 Å². The van der Waals surface area contributed by atoms with Crippen molar-refractivity contribution in [2.45, 2.75) is 47.0 Å². The van der Waals surface area contributed by atoms with Gasteiger partial charge in [0.25, 0.3) is 0 Å². The second kappa shape index (κ2) is 5.13. The number of Topliss-reactive ketones (excluding diaryl/α,β-unsaturated/α-hetero) is 1. The number of ketones is 1. The molecule has 14 heavy (non-hydrogen) atoms. The second-order valence-electron chi connectivity index (χ2n) is 4.94. The predicted octanol–water partition coefficient (Wildman–Crippen LogP) is 1.89. The lowest BCUT2D eigenvalue weighted by atomic mass is 9.81. The van der Waals surface area contributed by atoms with Crippen molar-refractivity contribution >= 4 is 11.7 Å². The van der Waals surface area contributed by atoms with Crippen LogP contribution in [0.5, 0.6) is 0 Å². The topological polar surface area (TPSA) is 60.2 Å². The molecule has 0 aliphatic carbocycles. The number of hydrogen-bond donors (Lipinski definition) is 1. The van der Waals surface area contributed by atoms with Crippen molar-refractivity contribution in [1.82, 2.24) is 0 Å². The van der Waals surface area contributed by atoms with Gasteiger partial charge >= 0.3 is 0 Å². The van der Waals surface area contributed by atoms with E-state index in [0.29, 0.717) is 12.8 Å². The van der Waals surface area contributed by atoms with Gasteiger partial charge in [-0.25, -0.2) is 0 Å². The van der Waals surface area contributed by atoms with Gasteiger partial charge in [0.05, 0.1) is 5.92 Å². The quantitative estimate of drug-likeness (QED) is 0.687. The van der Waals surface area contributed by atoms with Crippen LogP contribution in [0.4, 0.5) is 0 Å². The summed E-state index contributed by atoms with van der Waals surface area (Å²) in [7, 11) is 0. The van der Waals surface area contributed by atoms with Gasteiger partial charge in [0.2, 0.25) is 5.91 Å². The first kappa shape index (κ1) is 13.1. The average molecular weight is 199 g/mol. The van der Waals surface area contributed by atoms with Gasteiger partial charge in [-0.05, 0) is 18.3 Å². The molecule has 1 amide bonds. The molecule has 1 unspecified atom stereocenters. The molecule has 0 aromatic carbocycles. The van der Waals surface area contributed by atoms with Crippen LogP contribution in [0.3, 0.4) is 0 Å². The van der Waals surface area contributed by atoms with Gasteiger partial charge in [-0.2, -0.15) is 0 Å². The Balaban J connectivity index is 4.45. The molecule has 0 fully saturated rings. The highest BCUT2D eigenvalue weighted by Crippen LogP contribution is 2.25. The Kier molecular flexibility index (Phi) is 4.81. The van der Waals surface area contributed by atoms with E-state index in [1.807, 2.05) is 27.7 Å². The second-order valence-corrected chi connectivity index (χ2v) is 4.94. The zero-order valence-corrected chi connectivity index (χ0v) is 9.59. The first-order chi connectivity index (χ1) is 6.28. The maximum absolute atomic E-state index is 11.6. The zero-order chi connectivity index (χ0) is 11.4. The summed E-state index contributed by atoms with van der Waals surface area (Å²) in [6.45, 7) is 7.93. The summed E-state index contributed by atoms with van der Waals surface area (Å²) in [6, 6.07) is 0. The van der Waals surface area contributed by atoms with Crippen LogP contribution in [0.2, 0.25) is 0 Å². The van der Waals surface area contributed by atoms with E-state index >= 15 is 0 Å². The van der Waals surface area contributed by atoms with E-state index in [-0.39, 0.29) is 11.2 Å². The summed E-state index contributed by atoms with van der Waals surface area (Å²) in [6.07, 6.45) is 1.76. The molecule has 0 saturated carbocycles. The van der Waals surface area contributed by atoms with Crippen molar-refractivity contribution < 1.29 is 9.59 Å². The summed E-state index contributed by atoms with van der Waals surface area (Å²) >= 11 is 0. The number of nitrogens with two attached hydrogens (primary N) is 1.